The zero-order valence-electron chi connectivity index (χ0n) is 5.83. The molecule has 1 rings (SSSR count). The third kappa shape index (κ3) is 2.02. The normalized spacial score (nSPS) is 10.5. The summed E-state index contributed by atoms with van der Waals surface area (Å²) in [4.78, 5) is 3.97. The zero-order chi connectivity index (χ0) is 7.23. The predicted octanol–water partition coefficient (Wildman–Crippen LogP) is 2.32. The van der Waals surface area contributed by atoms with Crippen LogP contribution >= 0.6 is 0 Å². The van der Waals surface area contributed by atoms with Crippen molar-refractivity contribution in [1.82, 2.24) is 4.98 Å². The third-order valence-electron chi connectivity index (χ3n) is 1.16. The Kier molecular flexibility index (Phi) is 2.68. The van der Waals surface area contributed by atoms with Crippen molar-refractivity contribution in [1.29, 1.82) is 0 Å². The Bertz CT molecular complexity index is 201. The first-order chi connectivity index (χ1) is 4.93. The van der Waals surface area contributed by atoms with E-state index in [0.29, 0.717) is 0 Å². The standard InChI is InChI=1S/C9H10N/c1-2-3-5-9-6-4-7-10-8-9/h3-8H,1-2H2. The monoisotopic (exact) mass is 132 g/mol. The van der Waals surface area contributed by atoms with Crippen molar-refractivity contribution in [2.45, 2.75) is 6.42 Å². The number of hydrogen-bond donors (Lipinski definition) is 0. The van der Waals surface area contributed by atoms with E-state index in [-0.39, 0.29) is 0 Å². The van der Waals surface area contributed by atoms with Crippen LogP contribution in [0.3, 0.4) is 0 Å². The van der Waals surface area contributed by atoms with E-state index in [1.807, 2.05) is 30.5 Å². The second-order valence-electron chi connectivity index (χ2n) is 1.98. The molecule has 51 valence electrons. The van der Waals surface area contributed by atoms with Crippen LogP contribution in [0.15, 0.2) is 30.6 Å². The van der Waals surface area contributed by atoms with Gasteiger partial charge in [0.25, 0.3) is 0 Å². The smallest absolute Gasteiger partial charge is 0.0340 e. The summed E-state index contributed by atoms with van der Waals surface area (Å²) in [5.41, 5.74) is 1.13. The average Bonchev–Trinajstić information content (AvgIpc) is 2.03. The van der Waals surface area contributed by atoms with Crippen LogP contribution in [0.4, 0.5) is 0 Å². The highest BCUT2D eigenvalue weighted by atomic mass is 14.6. The molecule has 1 heterocycles. The van der Waals surface area contributed by atoms with E-state index in [1.165, 1.54) is 0 Å². The fourth-order valence-electron chi connectivity index (χ4n) is 0.694. The molecule has 0 N–H and O–H groups in total. The van der Waals surface area contributed by atoms with Crippen LogP contribution in [-0.4, -0.2) is 4.98 Å². The molecule has 0 fully saturated rings. The van der Waals surface area contributed by atoms with Crippen LogP contribution < -0.4 is 0 Å². The molecule has 0 aliphatic heterocycles. The molecule has 0 saturated heterocycles. The van der Waals surface area contributed by atoms with Crippen molar-refractivity contribution in [2.24, 2.45) is 0 Å². The molecule has 0 saturated carbocycles. The van der Waals surface area contributed by atoms with Crippen molar-refractivity contribution in [3.8, 4) is 0 Å². The van der Waals surface area contributed by atoms with Gasteiger partial charge in [0.1, 0.15) is 0 Å². The van der Waals surface area contributed by atoms with E-state index in [4.69, 9.17) is 0 Å². The lowest BCUT2D eigenvalue weighted by molar-refractivity contribution is 1.31. The number of rotatable bonds is 2. The summed E-state index contributed by atoms with van der Waals surface area (Å²) in [6.07, 6.45) is 8.44. The van der Waals surface area contributed by atoms with E-state index in [2.05, 4.69) is 11.9 Å². The van der Waals surface area contributed by atoms with Gasteiger partial charge in [-0.15, -0.1) is 0 Å². The highest BCUT2D eigenvalue weighted by Gasteiger charge is 1.80. The van der Waals surface area contributed by atoms with Crippen LogP contribution in [0, 0.1) is 6.92 Å². The Hall–Kier alpha value is -1.11. The minimum Gasteiger partial charge on any atom is -0.264 e. The lowest BCUT2D eigenvalue weighted by Gasteiger charge is -1.87. The summed E-state index contributed by atoms with van der Waals surface area (Å²) < 4.78 is 0. The van der Waals surface area contributed by atoms with Gasteiger partial charge in [-0.3, -0.25) is 4.98 Å². The van der Waals surface area contributed by atoms with Gasteiger partial charge in [0.05, 0.1) is 0 Å². The summed E-state index contributed by atoms with van der Waals surface area (Å²) >= 11 is 0. The Morgan fingerprint density at radius 2 is 2.50 bits per heavy atom. The van der Waals surface area contributed by atoms with Crippen LogP contribution in [-0.2, 0) is 0 Å². The quantitative estimate of drug-likeness (QED) is 0.601. The molecule has 1 aromatic rings. The molecule has 0 atom stereocenters. The molecule has 1 radical (unpaired) electrons. The Balaban J connectivity index is 2.67. The molecule has 0 aromatic carbocycles. The van der Waals surface area contributed by atoms with E-state index in [9.17, 15) is 0 Å². The predicted molar refractivity (Wildman–Crippen MR) is 43.2 cm³/mol. The fourth-order valence-corrected chi connectivity index (χ4v) is 0.694. The van der Waals surface area contributed by atoms with Crippen LogP contribution in [0.2, 0.25) is 0 Å². The summed E-state index contributed by atoms with van der Waals surface area (Å²) in [6.45, 7) is 3.69. The maximum Gasteiger partial charge on any atom is 0.0340 e. The Morgan fingerprint density at radius 3 is 3.10 bits per heavy atom. The number of hydrogen-bond acceptors (Lipinski definition) is 1. The first kappa shape index (κ1) is 7.00. The van der Waals surface area contributed by atoms with Crippen LogP contribution in [0.1, 0.15) is 12.0 Å². The second-order valence-corrected chi connectivity index (χ2v) is 1.98. The maximum absolute atomic E-state index is 3.97. The topological polar surface area (TPSA) is 12.9 Å². The molecule has 0 spiro atoms. The highest BCUT2D eigenvalue weighted by Crippen LogP contribution is 1.98. The highest BCUT2D eigenvalue weighted by molar-refractivity contribution is 5.47. The van der Waals surface area contributed by atoms with Gasteiger partial charge in [-0.1, -0.05) is 18.2 Å². The van der Waals surface area contributed by atoms with Crippen LogP contribution in [0.5, 0.6) is 0 Å². The van der Waals surface area contributed by atoms with Gasteiger partial charge < -0.3 is 0 Å². The summed E-state index contributed by atoms with van der Waals surface area (Å²) in [5.74, 6) is 0. The van der Waals surface area contributed by atoms with Gasteiger partial charge in [0.2, 0.25) is 0 Å². The average molecular weight is 132 g/mol. The molecule has 0 aliphatic carbocycles. The Morgan fingerprint density at radius 1 is 1.60 bits per heavy atom. The SMILES string of the molecule is [CH2]CC=Cc1cccnc1. The molecular formula is C9H10N. The van der Waals surface area contributed by atoms with E-state index in [1.54, 1.807) is 6.20 Å². The Labute approximate surface area is 61.4 Å². The zero-order valence-corrected chi connectivity index (χ0v) is 5.83. The summed E-state index contributed by atoms with van der Waals surface area (Å²) in [5, 5.41) is 0. The van der Waals surface area contributed by atoms with E-state index < -0.39 is 0 Å². The molecule has 1 nitrogen and oxygen atoms in total. The molecule has 0 aliphatic rings. The minimum atomic E-state index is 0.828. The maximum atomic E-state index is 3.97. The molecular weight excluding hydrogens is 122 g/mol. The van der Waals surface area contributed by atoms with Crippen LogP contribution in [0.25, 0.3) is 6.08 Å². The van der Waals surface area contributed by atoms with E-state index >= 15 is 0 Å². The first-order valence-corrected chi connectivity index (χ1v) is 3.29. The molecule has 10 heavy (non-hydrogen) atoms. The largest absolute Gasteiger partial charge is 0.264 e. The fraction of sp³-hybridized carbons (Fsp3) is 0.111. The number of allylic oxidation sites excluding steroid dienone is 1. The molecule has 1 aromatic heterocycles. The number of aromatic nitrogens is 1. The molecule has 0 bridgehead atoms. The van der Waals surface area contributed by atoms with Crippen molar-refractivity contribution >= 4 is 6.08 Å². The molecule has 1 heteroatoms. The van der Waals surface area contributed by atoms with Gasteiger partial charge >= 0.3 is 0 Å². The lowest BCUT2D eigenvalue weighted by Crippen LogP contribution is -1.71. The van der Waals surface area contributed by atoms with Crippen molar-refractivity contribution in [3.05, 3.63) is 43.1 Å². The minimum absolute atomic E-state index is 0.828. The number of nitrogens with zero attached hydrogens (tertiary/aromatic N) is 1. The van der Waals surface area contributed by atoms with Crippen molar-refractivity contribution < 1.29 is 0 Å². The second kappa shape index (κ2) is 3.83. The van der Waals surface area contributed by atoms with Gasteiger partial charge in [0, 0.05) is 12.4 Å². The molecule has 0 amide bonds. The van der Waals surface area contributed by atoms with E-state index in [0.717, 1.165) is 12.0 Å². The first-order valence-electron chi connectivity index (χ1n) is 3.29. The van der Waals surface area contributed by atoms with Gasteiger partial charge in [0.15, 0.2) is 0 Å². The van der Waals surface area contributed by atoms with Crippen molar-refractivity contribution in [3.63, 3.8) is 0 Å². The van der Waals surface area contributed by atoms with Gasteiger partial charge in [-0.2, -0.15) is 0 Å². The van der Waals surface area contributed by atoms with Gasteiger partial charge in [-0.05, 0) is 25.0 Å². The lowest BCUT2D eigenvalue weighted by atomic mass is 10.2. The van der Waals surface area contributed by atoms with Gasteiger partial charge in [-0.25, -0.2) is 0 Å². The number of pyridine rings is 1. The summed E-state index contributed by atoms with van der Waals surface area (Å²) in [6, 6.07) is 3.93. The molecule has 0 unspecified atom stereocenters. The summed E-state index contributed by atoms with van der Waals surface area (Å²) in [7, 11) is 0. The third-order valence-corrected chi connectivity index (χ3v) is 1.16. The van der Waals surface area contributed by atoms with Crippen molar-refractivity contribution in [2.75, 3.05) is 0 Å².